The number of nitrogens with one attached hydrogen (secondary N) is 1. The van der Waals surface area contributed by atoms with Gasteiger partial charge >= 0.3 is 11.9 Å². The SMILES string of the molecule is CCc1sc(NC(=O)C2CCCCC2C(=O)O)c(C(=O)OC)c1-c1ccccc1. The Labute approximate surface area is 173 Å². The van der Waals surface area contributed by atoms with Crippen molar-refractivity contribution >= 4 is 34.2 Å². The van der Waals surface area contributed by atoms with Gasteiger partial charge in [0.25, 0.3) is 0 Å². The van der Waals surface area contributed by atoms with E-state index < -0.39 is 23.8 Å². The highest BCUT2D eigenvalue weighted by molar-refractivity contribution is 7.17. The number of carbonyl (C=O) groups is 3. The van der Waals surface area contributed by atoms with Gasteiger partial charge in [0.05, 0.1) is 18.9 Å². The van der Waals surface area contributed by atoms with Crippen LogP contribution in [0.25, 0.3) is 11.1 Å². The van der Waals surface area contributed by atoms with E-state index in [1.807, 2.05) is 37.3 Å². The number of esters is 1. The molecule has 1 aromatic heterocycles. The Hall–Kier alpha value is -2.67. The van der Waals surface area contributed by atoms with E-state index in [0.29, 0.717) is 29.8 Å². The zero-order valence-corrected chi connectivity index (χ0v) is 17.4. The average Bonchev–Trinajstić information content (AvgIpc) is 3.11. The molecule has 1 aliphatic rings. The minimum atomic E-state index is -0.941. The molecule has 1 heterocycles. The number of methoxy groups -OCH3 is 1. The smallest absolute Gasteiger partial charge is 0.341 e. The van der Waals surface area contributed by atoms with Gasteiger partial charge in [0.1, 0.15) is 10.6 Å². The molecule has 1 fully saturated rings. The molecule has 1 aliphatic carbocycles. The minimum absolute atomic E-state index is 0.330. The maximum atomic E-state index is 13.0. The molecule has 29 heavy (non-hydrogen) atoms. The van der Waals surface area contributed by atoms with Gasteiger partial charge in [0, 0.05) is 10.4 Å². The zero-order chi connectivity index (χ0) is 21.0. The van der Waals surface area contributed by atoms with E-state index in [9.17, 15) is 19.5 Å². The molecule has 0 saturated heterocycles. The van der Waals surface area contributed by atoms with Gasteiger partial charge in [-0.15, -0.1) is 11.3 Å². The van der Waals surface area contributed by atoms with Crippen LogP contribution in [-0.4, -0.2) is 30.1 Å². The Bertz CT molecular complexity index is 905. The third-order valence-corrected chi connectivity index (χ3v) is 6.66. The highest BCUT2D eigenvalue weighted by Crippen LogP contribution is 2.42. The first-order chi connectivity index (χ1) is 14.0. The Morgan fingerprint density at radius 2 is 1.79 bits per heavy atom. The number of ether oxygens (including phenoxy) is 1. The lowest BCUT2D eigenvalue weighted by Crippen LogP contribution is -2.36. The molecule has 2 aromatic rings. The second kappa shape index (κ2) is 9.22. The topological polar surface area (TPSA) is 92.7 Å². The number of hydrogen-bond donors (Lipinski definition) is 2. The molecule has 7 heteroatoms. The lowest BCUT2D eigenvalue weighted by atomic mass is 9.78. The van der Waals surface area contributed by atoms with Crippen LogP contribution in [0.3, 0.4) is 0 Å². The summed E-state index contributed by atoms with van der Waals surface area (Å²) in [5, 5.41) is 12.8. The number of anilines is 1. The summed E-state index contributed by atoms with van der Waals surface area (Å²) in [5.41, 5.74) is 1.97. The molecule has 3 rings (SSSR count). The molecular weight excluding hydrogens is 390 g/mol. The number of carbonyl (C=O) groups excluding carboxylic acids is 2. The summed E-state index contributed by atoms with van der Waals surface area (Å²) >= 11 is 1.35. The average molecular weight is 416 g/mol. The molecular formula is C22H25NO5S. The maximum Gasteiger partial charge on any atom is 0.341 e. The summed E-state index contributed by atoms with van der Waals surface area (Å²) in [6.07, 6.45) is 3.36. The molecule has 2 atom stereocenters. The molecule has 0 bridgehead atoms. The fourth-order valence-corrected chi connectivity index (χ4v) is 5.12. The molecule has 1 aromatic carbocycles. The quantitative estimate of drug-likeness (QED) is 0.673. The first kappa shape index (κ1) is 21.0. The second-order valence-corrected chi connectivity index (χ2v) is 8.25. The van der Waals surface area contributed by atoms with Crippen LogP contribution in [-0.2, 0) is 20.7 Å². The minimum Gasteiger partial charge on any atom is -0.481 e. The van der Waals surface area contributed by atoms with E-state index in [-0.39, 0.29) is 5.91 Å². The van der Waals surface area contributed by atoms with Crippen LogP contribution < -0.4 is 5.32 Å². The van der Waals surface area contributed by atoms with Crippen molar-refractivity contribution in [1.82, 2.24) is 0 Å². The van der Waals surface area contributed by atoms with Crippen molar-refractivity contribution in [2.24, 2.45) is 11.8 Å². The van der Waals surface area contributed by atoms with E-state index in [4.69, 9.17) is 4.74 Å². The molecule has 2 unspecified atom stereocenters. The molecule has 0 aliphatic heterocycles. The summed E-state index contributed by atoms with van der Waals surface area (Å²) in [7, 11) is 1.31. The Morgan fingerprint density at radius 3 is 2.38 bits per heavy atom. The first-order valence-corrected chi connectivity index (χ1v) is 10.6. The molecule has 1 amide bonds. The van der Waals surface area contributed by atoms with Crippen molar-refractivity contribution in [2.75, 3.05) is 12.4 Å². The summed E-state index contributed by atoms with van der Waals surface area (Å²) in [4.78, 5) is 38.1. The predicted molar refractivity (Wildman–Crippen MR) is 112 cm³/mol. The van der Waals surface area contributed by atoms with Crippen molar-refractivity contribution in [3.63, 3.8) is 0 Å². The number of thiophene rings is 1. The van der Waals surface area contributed by atoms with Gasteiger partial charge in [-0.3, -0.25) is 9.59 Å². The third-order valence-electron chi connectivity index (χ3n) is 5.41. The van der Waals surface area contributed by atoms with Gasteiger partial charge < -0.3 is 15.2 Å². The van der Waals surface area contributed by atoms with Crippen LogP contribution in [0.5, 0.6) is 0 Å². The second-order valence-electron chi connectivity index (χ2n) is 7.14. The molecule has 0 spiro atoms. The van der Waals surface area contributed by atoms with E-state index in [1.165, 1.54) is 18.4 Å². The molecule has 0 radical (unpaired) electrons. The molecule has 2 N–H and O–H groups in total. The van der Waals surface area contributed by atoms with Crippen LogP contribution in [0.15, 0.2) is 30.3 Å². The standard InChI is InChI=1S/C22H25NO5S/c1-3-16-17(13-9-5-4-6-10-13)18(22(27)28-2)20(29-16)23-19(24)14-11-7-8-12-15(14)21(25)26/h4-6,9-10,14-15H,3,7-8,11-12H2,1-2H3,(H,23,24)(H,25,26). The van der Waals surface area contributed by atoms with Gasteiger partial charge in [-0.2, -0.15) is 0 Å². The monoisotopic (exact) mass is 415 g/mol. The van der Waals surface area contributed by atoms with Gasteiger partial charge in [-0.05, 0) is 24.8 Å². The number of hydrogen-bond acceptors (Lipinski definition) is 5. The number of amides is 1. The highest BCUT2D eigenvalue weighted by atomic mass is 32.1. The molecule has 154 valence electrons. The summed E-state index contributed by atoms with van der Waals surface area (Å²) in [5.74, 6) is -3.09. The van der Waals surface area contributed by atoms with E-state index in [2.05, 4.69) is 5.32 Å². The van der Waals surface area contributed by atoms with Crippen molar-refractivity contribution in [1.29, 1.82) is 0 Å². The summed E-state index contributed by atoms with van der Waals surface area (Å²) in [6.45, 7) is 1.99. The van der Waals surface area contributed by atoms with Crippen LogP contribution >= 0.6 is 11.3 Å². The fraction of sp³-hybridized carbons (Fsp3) is 0.409. The van der Waals surface area contributed by atoms with Crippen molar-refractivity contribution in [3.8, 4) is 11.1 Å². The van der Waals surface area contributed by atoms with Crippen LogP contribution in [0.2, 0.25) is 0 Å². The lowest BCUT2D eigenvalue weighted by molar-refractivity contribution is -0.147. The van der Waals surface area contributed by atoms with Gasteiger partial charge in [-0.1, -0.05) is 50.1 Å². The van der Waals surface area contributed by atoms with Gasteiger partial charge in [0.2, 0.25) is 5.91 Å². The lowest BCUT2D eigenvalue weighted by Gasteiger charge is -2.27. The Kier molecular flexibility index (Phi) is 6.69. The van der Waals surface area contributed by atoms with Crippen LogP contribution in [0, 0.1) is 11.8 Å². The number of carboxylic acid groups (broad SMARTS) is 1. The van der Waals surface area contributed by atoms with Crippen molar-refractivity contribution in [2.45, 2.75) is 39.0 Å². The van der Waals surface area contributed by atoms with Crippen LogP contribution in [0.1, 0.15) is 47.8 Å². The number of rotatable bonds is 6. The summed E-state index contributed by atoms with van der Waals surface area (Å²) < 4.78 is 5.01. The maximum absolute atomic E-state index is 13.0. The highest BCUT2D eigenvalue weighted by Gasteiger charge is 2.37. The number of carboxylic acids is 1. The largest absolute Gasteiger partial charge is 0.481 e. The zero-order valence-electron chi connectivity index (χ0n) is 16.6. The number of aliphatic carboxylic acids is 1. The van der Waals surface area contributed by atoms with E-state index in [1.54, 1.807) is 0 Å². The third kappa shape index (κ3) is 4.34. The summed E-state index contributed by atoms with van der Waals surface area (Å²) in [6, 6.07) is 9.52. The Morgan fingerprint density at radius 1 is 1.14 bits per heavy atom. The van der Waals surface area contributed by atoms with Crippen molar-refractivity contribution < 1.29 is 24.2 Å². The molecule has 1 saturated carbocycles. The van der Waals surface area contributed by atoms with Gasteiger partial charge in [0.15, 0.2) is 0 Å². The fourth-order valence-electron chi connectivity index (χ4n) is 3.97. The predicted octanol–water partition coefficient (Wildman–Crippen LogP) is 4.59. The number of aryl methyl sites for hydroxylation is 1. The Balaban J connectivity index is 2.01. The number of benzene rings is 1. The van der Waals surface area contributed by atoms with Gasteiger partial charge in [-0.25, -0.2) is 4.79 Å². The molecule has 6 nitrogen and oxygen atoms in total. The normalized spacial score (nSPS) is 18.8. The first-order valence-electron chi connectivity index (χ1n) is 9.81. The van der Waals surface area contributed by atoms with Crippen LogP contribution in [0.4, 0.5) is 5.00 Å². The van der Waals surface area contributed by atoms with E-state index in [0.717, 1.165) is 28.8 Å². The van der Waals surface area contributed by atoms with Crippen molar-refractivity contribution in [3.05, 3.63) is 40.8 Å². The van der Waals surface area contributed by atoms with E-state index >= 15 is 0 Å².